The van der Waals surface area contributed by atoms with Crippen molar-refractivity contribution < 1.29 is 19.3 Å². The molecule has 5 nitrogen and oxygen atoms in total. The van der Waals surface area contributed by atoms with Gasteiger partial charge in [0.15, 0.2) is 11.5 Å². The highest BCUT2D eigenvalue weighted by molar-refractivity contribution is 6.02. The topological polar surface area (TPSA) is 60.0 Å². The molecule has 2 aliphatic rings. The van der Waals surface area contributed by atoms with Gasteiger partial charge < -0.3 is 24.6 Å². The molecule has 0 fully saturated rings. The first kappa shape index (κ1) is 21.0. The van der Waals surface area contributed by atoms with Gasteiger partial charge in [-0.3, -0.25) is 0 Å². The van der Waals surface area contributed by atoms with Crippen LogP contribution in [0.2, 0.25) is 0 Å². The molecule has 5 rings (SSSR count). The molecular weight excluding hydrogens is 414 g/mol. The third-order valence-electron chi connectivity index (χ3n) is 6.06. The second-order valence-corrected chi connectivity index (χ2v) is 8.96. The zero-order chi connectivity index (χ0) is 23.3. The van der Waals surface area contributed by atoms with Crippen molar-refractivity contribution in [3.05, 3.63) is 71.3 Å². The van der Waals surface area contributed by atoms with Gasteiger partial charge in [0, 0.05) is 22.4 Å². The zero-order valence-electron chi connectivity index (χ0n) is 19.4. The van der Waals surface area contributed by atoms with Crippen molar-refractivity contribution in [3.8, 4) is 34.1 Å². The number of fused-ring (bicyclic) bond motifs is 5. The Kier molecular flexibility index (Phi) is 4.85. The van der Waals surface area contributed by atoms with Crippen LogP contribution < -0.4 is 19.5 Å². The maximum absolute atomic E-state index is 10.5. The number of allylic oxidation sites excluding steroid dienone is 1. The highest BCUT2D eigenvalue weighted by Crippen LogP contribution is 2.54. The molecule has 0 bridgehead atoms. The summed E-state index contributed by atoms with van der Waals surface area (Å²) in [5.41, 5.74) is 6.75. The van der Waals surface area contributed by atoms with Gasteiger partial charge in [-0.2, -0.15) is 0 Å². The van der Waals surface area contributed by atoms with E-state index in [-0.39, 0.29) is 11.3 Å². The van der Waals surface area contributed by atoms with Gasteiger partial charge in [0.1, 0.15) is 17.3 Å². The van der Waals surface area contributed by atoms with Gasteiger partial charge in [0.2, 0.25) is 0 Å². The number of phenols is 1. The number of aromatic hydroxyl groups is 1. The summed E-state index contributed by atoms with van der Waals surface area (Å²) < 4.78 is 17.5. The molecule has 33 heavy (non-hydrogen) atoms. The van der Waals surface area contributed by atoms with Crippen molar-refractivity contribution in [1.29, 1.82) is 0 Å². The van der Waals surface area contributed by atoms with Crippen LogP contribution in [0.5, 0.6) is 23.0 Å². The fraction of sp³-hybridized carbons (Fsp3) is 0.214. The van der Waals surface area contributed by atoms with Crippen LogP contribution in [0, 0.1) is 0 Å². The van der Waals surface area contributed by atoms with E-state index in [0.29, 0.717) is 11.5 Å². The maximum Gasteiger partial charge on any atom is 0.172 e. The summed E-state index contributed by atoms with van der Waals surface area (Å²) in [7, 11) is 3.22. The molecular formula is C28H27NO4. The minimum Gasteiger partial charge on any atom is -0.504 e. The molecule has 2 heterocycles. The van der Waals surface area contributed by atoms with E-state index in [9.17, 15) is 5.11 Å². The average Bonchev–Trinajstić information content (AvgIpc) is 2.78. The fourth-order valence-corrected chi connectivity index (χ4v) is 4.83. The molecule has 2 aliphatic heterocycles. The lowest BCUT2D eigenvalue weighted by Crippen LogP contribution is -2.32. The zero-order valence-corrected chi connectivity index (χ0v) is 19.4. The van der Waals surface area contributed by atoms with Crippen molar-refractivity contribution in [3.63, 3.8) is 0 Å². The summed E-state index contributed by atoms with van der Waals surface area (Å²) in [6.07, 6.45) is 4.25. The molecule has 3 aromatic carbocycles. The van der Waals surface area contributed by atoms with Gasteiger partial charge in [-0.1, -0.05) is 24.3 Å². The third-order valence-corrected chi connectivity index (χ3v) is 6.06. The summed E-state index contributed by atoms with van der Waals surface area (Å²) in [5.74, 6) is 2.62. The molecule has 2 N–H and O–H groups in total. The quantitative estimate of drug-likeness (QED) is 0.481. The third kappa shape index (κ3) is 3.50. The van der Waals surface area contributed by atoms with Crippen LogP contribution in [0.25, 0.3) is 28.5 Å². The molecule has 0 aromatic heterocycles. The normalized spacial score (nSPS) is 16.5. The van der Waals surface area contributed by atoms with E-state index in [1.807, 2.05) is 30.3 Å². The van der Waals surface area contributed by atoms with Crippen molar-refractivity contribution in [2.24, 2.45) is 0 Å². The molecule has 0 saturated carbocycles. The molecule has 0 aliphatic carbocycles. The lowest BCUT2D eigenvalue weighted by molar-refractivity contribution is 0.371. The van der Waals surface area contributed by atoms with Crippen LogP contribution >= 0.6 is 0 Å². The smallest absolute Gasteiger partial charge is 0.172 e. The fourth-order valence-electron chi connectivity index (χ4n) is 4.83. The van der Waals surface area contributed by atoms with Gasteiger partial charge in [0.25, 0.3) is 0 Å². The first-order valence-corrected chi connectivity index (χ1v) is 10.9. The number of anilines is 1. The second kappa shape index (κ2) is 7.62. The Morgan fingerprint density at radius 1 is 0.970 bits per heavy atom. The van der Waals surface area contributed by atoms with Crippen LogP contribution in [0.3, 0.4) is 0 Å². The Labute approximate surface area is 193 Å². The number of methoxy groups -OCH3 is 2. The van der Waals surface area contributed by atoms with Gasteiger partial charge in [-0.25, -0.2) is 0 Å². The van der Waals surface area contributed by atoms with Crippen LogP contribution in [-0.2, 0) is 0 Å². The van der Waals surface area contributed by atoms with E-state index in [2.05, 4.69) is 44.3 Å². The van der Waals surface area contributed by atoms with Gasteiger partial charge in [-0.15, -0.1) is 0 Å². The Bertz CT molecular complexity index is 1330. The van der Waals surface area contributed by atoms with Crippen LogP contribution in [0.15, 0.2) is 54.6 Å². The number of hydrogen-bond acceptors (Lipinski definition) is 5. The Hall–Kier alpha value is -3.86. The lowest BCUT2D eigenvalue weighted by Gasteiger charge is -2.35. The highest BCUT2D eigenvalue weighted by Gasteiger charge is 2.33. The molecule has 0 amide bonds. The Balaban J connectivity index is 1.82. The number of nitrogens with one attached hydrogen (secondary N) is 1. The highest BCUT2D eigenvalue weighted by atomic mass is 16.5. The van der Waals surface area contributed by atoms with Gasteiger partial charge >= 0.3 is 0 Å². The van der Waals surface area contributed by atoms with Crippen LogP contribution in [-0.4, -0.2) is 24.9 Å². The predicted molar refractivity (Wildman–Crippen MR) is 133 cm³/mol. The maximum atomic E-state index is 10.5. The molecule has 0 atom stereocenters. The summed E-state index contributed by atoms with van der Waals surface area (Å²) >= 11 is 0. The number of phenolic OH excluding ortho intramolecular Hbond substituents is 1. The van der Waals surface area contributed by atoms with E-state index in [0.717, 1.165) is 50.6 Å². The number of rotatable bonds is 3. The molecule has 5 heteroatoms. The van der Waals surface area contributed by atoms with E-state index >= 15 is 0 Å². The van der Waals surface area contributed by atoms with E-state index < -0.39 is 0 Å². The van der Waals surface area contributed by atoms with Gasteiger partial charge in [0.05, 0.1) is 25.3 Å². The Morgan fingerprint density at radius 2 is 1.79 bits per heavy atom. The second-order valence-electron chi connectivity index (χ2n) is 8.96. The molecule has 3 aromatic rings. The van der Waals surface area contributed by atoms with E-state index in [1.54, 1.807) is 26.4 Å². The minimum absolute atomic E-state index is 0.0790. The lowest BCUT2D eigenvalue weighted by atomic mass is 9.83. The first-order valence-electron chi connectivity index (χ1n) is 10.9. The Morgan fingerprint density at radius 3 is 2.55 bits per heavy atom. The molecule has 168 valence electrons. The first-order chi connectivity index (χ1) is 15.8. The van der Waals surface area contributed by atoms with Crippen LogP contribution in [0.1, 0.15) is 37.5 Å². The molecule has 0 saturated heterocycles. The van der Waals surface area contributed by atoms with E-state index in [1.165, 1.54) is 0 Å². The number of benzene rings is 3. The van der Waals surface area contributed by atoms with Crippen molar-refractivity contribution in [2.45, 2.75) is 26.3 Å². The van der Waals surface area contributed by atoms with Crippen molar-refractivity contribution >= 4 is 23.1 Å². The van der Waals surface area contributed by atoms with Crippen molar-refractivity contribution in [1.82, 2.24) is 0 Å². The monoisotopic (exact) mass is 441 g/mol. The van der Waals surface area contributed by atoms with Gasteiger partial charge in [-0.05, 0) is 68.3 Å². The van der Waals surface area contributed by atoms with Crippen molar-refractivity contribution in [2.75, 3.05) is 19.5 Å². The summed E-state index contributed by atoms with van der Waals surface area (Å²) in [5, 5.41) is 14.1. The molecule has 0 unspecified atom stereocenters. The summed E-state index contributed by atoms with van der Waals surface area (Å²) in [4.78, 5) is 0. The molecule has 0 spiro atoms. The predicted octanol–water partition coefficient (Wildman–Crippen LogP) is 6.57. The average molecular weight is 442 g/mol. The standard InChI is InChI=1S/C28H27NO4/c1-16-15-28(2,3)29-20-10-9-19-25(24(16)20)23(14-17-7-6-8-18(13-17)31-4)33-22-12-11-21(30)27(32-5)26(19)22/h6-15,29-30H,1-5H3/b23-14-. The van der Waals surface area contributed by atoms with E-state index in [4.69, 9.17) is 14.2 Å². The van der Waals surface area contributed by atoms with Crippen LogP contribution in [0.4, 0.5) is 5.69 Å². The minimum atomic E-state index is -0.161. The largest absolute Gasteiger partial charge is 0.504 e. The number of hydrogen-bond donors (Lipinski definition) is 2. The molecule has 0 radical (unpaired) electrons. The summed E-state index contributed by atoms with van der Waals surface area (Å²) in [6.45, 7) is 6.43. The SMILES string of the molecule is COc1cccc(/C=C2\Oc3ccc(O)c(OC)c3-c3ccc4c(c32)C(C)=CC(C)(C)N4)c1. The summed E-state index contributed by atoms with van der Waals surface area (Å²) in [6, 6.07) is 15.4. The number of ether oxygens (including phenoxy) is 3.